The number of hydrogen-bond donors (Lipinski definition) is 3. The standard InChI is InChI=1S/C13H12ClN3O2.ClH/c14-11-5-4-10(13(18)19)12(17-11)16-9-3-1-2-8(6-9)7-15;/h1-6H,7,15H2,(H,16,17)(H,18,19);1H. The minimum atomic E-state index is -1.07. The number of pyridine rings is 1. The molecule has 0 aliphatic rings. The van der Waals surface area contributed by atoms with E-state index < -0.39 is 5.97 Å². The summed E-state index contributed by atoms with van der Waals surface area (Å²) in [7, 11) is 0. The van der Waals surface area contributed by atoms with Crippen LogP contribution in [0.1, 0.15) is 15.9 Å². The summed E-state index contributed by atoms with van der Waals surface area (Å²) in [5.74, 6) is -0.865. The van der Waals surface area contributed by atoms with E-state index in [9.17, 15) is 4.79 Å². The maximum Gasteiger partial charge on any atom is 0.339 e. The third kappa shape index (κ3) is 3.84. The molecule has 0 bridgehead atoms. The molecule has 0 radical (unpaired) electrons. The van der Waals surface area contributed by atoms with E-state index in [4.69, 9.17) is 22.4 Å². The highest BCUT2D eigenvalue weighted by molar-refractivity contribution is 6.29. The minimum Gasteiger partial charge on any atom is -0.478 e. The molecule has 0 aliphatic heterocycles. The summed E-state index contributed by atoms with van der Waals surface area (Å²) in [5.41, 5.74) is 7.26. The summed E-state index contributed by atoms with van der Waals surface area (Å²) in [5, 5.41) is 12.3. The van der Waals surface area contributed by atoms with Crippen molar-refractivity contribution < 1.29 is 9.90 Å². The van der Waals surface area contributed by atoms with Gasteiger partial charge < -0.3 is 16.2 Å². The number of nitrogens with zero attached hydrogens (tertiary/aromatic N) is 1. The number of halogens is 2. The lowest BCUT2D eigenvalue weighted by atomic mass is 10.2. The molecule has 2 rings (SSSR count). The summed E-state index contributed by atoms with van der Waals surface area (Å²) >= 11 is 5.78. The predicted octanol–water partition coefficient (Wildman–Crippen LogP) is 3.06. The molecular formula is C13H13Cl2N3O2. The van der Waals surface area contributed by atoms with Crippen LogP contribution in [0.25, 0.3) is 0 Å². The van der Waals surface area contributed by atoms with Crippen molar-refractivity contribution in [3.05, 3.63) is 52.7 Å². The van der Waals surface area contributed by atoms with E-state index >= 15 is 0 Å². The second-order valence-corrected chi connectivity index (χ2v) is 4.25. The van der Waals surface area contributed by atoms with Crippen LogP contribution in [0.15, 0.2) is 36.4 Å². The predicted molar refractivity (Wildman–Crippen MR) is 81.1 cm³/mol. The Morgan fingerprint density at radius 2 is 2.10 bits per heavy atom. The number of benzene rings is 1. The summed E-state index contributed by atoms with van der Waals surface area (Å²) in [6.07, 6.45) is 0. The lowest BCUT2D eigenvalue weighted by Crippen LogP contribution is -2.05. The highest BCUT2D eigenvalue weighted by Gasteiger charge is 2.12. The van der Waals surface area contributed by atoms with Gasteiger partial charge in [-0.2, -0.15) is 0 Å². The van der Waals surface area contributed by atoms with Crippen molar-refractivity contribution in [3.8, 4) is 0 Å². The van der Waals surface area contributed by atoms with Crippen molar-refractivity contribution >= 4 is 41.5 Å². The molecule has 0 atom stereocenters. The fourth-order valence-electron chi connectivity index (χ4n) is 1.62. The van der Waals surface area contributed by atoms with Crippen LogP contribution >= 0.6 is 24.0 Å². The summed E-state index contributed by atoms with van der Waals surface area (Å²) in [6, 6.07) is 10.2. The number of rotatable bonds is 4. The van der Waals surface area contributed by atoms with Crippen LogP contribution in [0.4, 0.5) is 11.5 Å². The number of aromatic nitrogens is 1. The van der Waals surface area contributed by atoms with Crippen molar-refractivity contribution in [3.63, 3.8) is 0 Å². The molecule has 0 unspecified atom stereocenters. The topological polar surface area (TPSA) is 88.2 Å². The minimum absolute atomic E-state index is 0. The molecule has 0 amide bonds. The quantitative estimate of drug-likeness (QED) is 0.755. The molecule has 1 aromatic carbocycles. The van der Waals surface area contributed by atoms with Gasteiger partial charge in [0.15, 0.2) is 0 Å². The number of hydrogen-bond acceptors (Lipinski definition) is 4. The van der Waals surface area contributed by atoms with E-state index in [1.807, 2.05) is 18.2 Å². The van der Waals surface area contributed by atoms with E-state index in [2.05, 4.69) is 10.3 Å². The zero-order chi connectivity index (χ0) is 13.8. The van der Waals surface area contributed by atoms with Gasteiger partial charge in [0.2, 0.25) is 0 Å². The summed E-state index contributed by atoms with van der Waals surface area (Å²) in [6.45, 7) is 0.407. The van der Waals surface area contributed by atoms with Gasteiger partial charge in [-0.3, -0.25) is 0 Å². The first-order valence-electron chi connectivity index (χ1n) is 5.56. The largest absolute Gasteiger partial charge is 0.478 e. The normalized spacial score (nSPS) is 9.70. The molecule has 2 aromatic rings. The smallest absolute Gasteiger partial charge is 0.339 e. The summed E-state index contributed by atoms with van der Waals surface area (Å²) in [4.78, 5) is 15.1. The molecule has 5 nitrogen and oxygen atoms in total. The van der Waals surface area contributed by atoms with Gasteiger partial charge in [0.1, 0.15) is 16.5 Å². The third-order valence-corrected chi connectivity index (χ3v) is 2.73. The third-order valence-electron chi connectivity index (χ3n) is 2.52. The van der Waals surface area contributed by atoms with Gasteiger partial charge in [0.05, 0.1) is 0 Å². The van der Waals surface area contributed by atoms with Crippen LogP contribution in [-0.2, 0) is 6.54 Å². The van der Waals surface area contributed by atoms with Crippen molar-refractivity contribution in [1.29, 1.82) is 0 Å². The number of carboxylic acids is 1. The highest BCUT2D eigenvalue weighted by Crippen LogP contribution is 2.22. The van der Waals surface area contributed by atoms with Crippen molar-refractivity contribution in [2.24, 2.45) is 5.73 Å². The lowest BCUT2D eigenvalue weighted by molar-refractivity contribution is 0.0697. The van der Waals surface area contributed by atoms with E-state index in [0.29, 0.717) is 12.2 Å². The summed E-state index contributed by atoms with van der Waals surface area (Å²) < 4.78 is 0. The first-order chi connectivity index (χ1) is 9.10. The average Bonchev–Trinajstić information content (AvgIpc) is 2.38. The van der Waals surface area contributed by atoms with Crippen LogP contribution in [0.3, 0.4) is 0 Å². The first kappa shape index (κ1) is 16.2. The molecule has 0 saturated carbocycles. The Kier molecular flexibility index (Phi) is 5.76. The fourth-order valence-corrected chi connectivity index (χ4v) is 1.76. The van der Waals surface area contributed by atoms with E-state index in [1.165, 1.54) is 12.1 Å². The zero-order valence-electron chi connectivity index (χ0n) is 10.3. The van der Waals surface area contributed by atoms with Crippen LogP contribution in [0.5, 0.6) is 0 Å². The molecule has 106 valence electrons. The molecule has 7 heteroatoms. The Balaban J connectivity index is 0.00000200. The van der Waals surface area contributed by atoms with Gasteiger partial charge in [0.25, 0.3) is 0 Å². The second-order valence-electron chi connectivity index (χ2n) is 3.86. The number of nitrogens with two attached hydrogens (primary N) is 1. The van der Waals surface area contributed by atoms with Gasteiger partial charge in [-0.15, -0.1) is 12.4 Å². The fraction of sp³-hybridized carbons (Fsp3) is 0.0769. The molecule has 1 heterocycles. The number of carbonyl (C=O) groups is 1. The van der Waals surface area contributed by atoms with E-state index in [-0.39, 0.29) is 28.9 Å². The Hall–Kier alpha value is -1.82. The SMILES string of the molecule is Cl.NCc1cccc(Nc2nc(Cl)ccc2C(=O)O)c1. The molecule has 4 N–H and O–H groups in total. The van der Waals surface area contributed by atoms with Gasteiger partial charge in [-0.25, -0.2) is 9.78 Å². The number of anilines is 2. The zero-order valence-corrected chi connectivity index (χ0v) is 11.9. The first-order valence-corrected chi connectivity index (χ1v) is 5.94. The van der Waals surface area contributed by atoms with Crippen LogP contribution < -0.4 is 11.1 Å². The highest BCUT2D eigenvalue weighted by atomic mass is 35.5. The molecule has 1 aromatic heterocycles. The van der Waals surface area contributed by atoms with Crippen LogP contribution in [0, 0.1) is 0 Å². The lowest BCUT2D eigenvalue weighted by Gasteiger charge is -2.09. The van der Waals surface area contributed by atoms with Crippen molar-refractivity contribution in [2.45, 2.75) is 6.54 Å². The maximum absolute atomic E-state index is 11.1. The van der Waals surface area contributed by atoms with E-state index in [0.717, 1.165) is 5.56 Å². The Morgan fingerprint density at radius 3 is 2.75 bits per heavy atom. The van der Waals surface area contributed by atoms with E-state index in [1.54, 1.807) is 6.07 Å². The van der Waals surface area contributed by atoms with Crippen LogP contribution in [-0.4, -0.2) is 16.1 Å². The monoisotopic (exact) mass is 313 g/mol. The van der Waals surface area contributed by atoms with Gasteiger partial charge in [-0.1, -0.05) is 23.7 Å². The Bertz CT molecular complexity index is 620. The maximum atomic E-state index is 11.1. The Labute approximate surface area is 127 Å². The van der Waals surface area contributed by atoms with Crippen molar-refractivity contribution in [1.82, 2.24) is 4.98 Å². The van der Waals surface area contributed by atoms with Crippen LogP contribution in [0.2, 0.25) is 5.15 Å². The average molecular weight is 314 g/mol. The second kappa shape index (κ2) is 7.09. The Morgan fingerprint density at radius 1 is 1.35 bits per heavy atom. The van der Waals surface area contributed by atoms with Crippen molar-refractivity contribution in [2.75, 3.05) is 5.32 Å². The number of aromatic carboxylic acids is 1. The number of carboxylic acid groups (broad SMARTS) is 1. The van der Waals surface area contributed by atoms with Gasteiger partial charge in [0, 0.05) is 12.2 Å². The molecule has 0 aliphatic carbocycles. The molecule has 0 spiro atoms. The molecule has 0 fully saturated rings. The molecular weight excluding hydrogens is 301 g/mol. The molecule has 20 heavy (non-hydrogen) atoms. The van der Waals surface area contributed by atoms with Gasteiger partial charge >= 0.3 is 5.97 Å². The molecule has 0 saturated heterocycles. The number of nitrogens with one attached hydrogen (secondary N) is 1. The van der Waals surface area contributed by atoms with Gasteiger partial charge in [-0.05, 0) is 29.8 Å².